The van der Waals surface area contributed by atoms with Gasteiger partial charge in [-0.2, -0.15) is 0 Å². The molecule has 0 unspecified atom stereocenters. The minimum Gasteiger partial charge on any atom is -0.394 e. The van der Waals surface area contributed by atoms with Crippen molar-refractivity contribution < 1.29 is 129 Å². The molecule has 0 aliphatic carbocycles. The maximum absolute atomic E-state index is 11.3. The van der Waals surface area contributed by atoms with E-state index in [1.165, 1.54) is 0 Å². The number of rotatable bonds is 13. The molecule has 5 saturated heterocycles. The Hall–Kier alpha value is -1.04. The second kappa shape index (κ2) is 19.6. The van der Waals surface area contributed by atoms with Crippen LogP contribution in [0.4, 0.5) is 0 Å². The molecule has 0 saturated carbocycles. The summed E-state index contributed by atoms with van der Waals surface area (Å²) in [5, 5.41) is 177. The van der Waals surface area contributed by atoms with Gasteiger partial charge in [-0.15, -0.1) is 0 Å². The molecule has 0 bridgehead atoms. The van der Waals surface area contributed by atoms with E-state index in [-0.39, 0.29) is 0 Å². The number of aliphatic hydroxyl groups excluding tert-OH is 17. The SMILES string of the molecule is OC[C@H]1O[C@@H](O[C@@H]2[C@H](O[C@@H]3[C@@H](O[C@@H]4[C@@H](O[C@H]5[C@@H](O)[C@H](O)[C@@H](CO)O[C@H]5O)O[C@H](CO)[C@@H](O)[C@@H]4O)O[C@H](CO)[C@@H](O)[C@@H]3O)O[C@H](CO)[C@@H](O)[C@@H]2O)[C@@H](O)[C@@H](O)[C@@H]1O. The number of aliphatic hydroxyl groups is 17. The molecule has 5 heterocycles. The molecular weight excluding hydrogens is 776 g/mol. The molecule has 5 aliphatic rings. The van der Waals surface area contributed by atoms with Crippen LogP contribution in [0.15, 0.2) is 0 Å². The average molecular weight is 829 g/mol. The summed E-state index contributed by atoms with van der Waals surface area (Å²) in [7, 11) is 0. The lowest BCUT2D eigenvalue weighted by Crippen LogP contribution is -2.68. The molecule has 5 aliphatic heterocycles. The van der Waals surface area contributed by atoms with E-state index in [0.717, 1.165) is 0 Å². The van der Waals surface area contributed by atoms with Crippen molar-refractivity contribution in [2.24, 2.45) is 0 Å². The van der Waals surface area contributed by atoms with Gasteiger partial charge in [-0.3, -0.25) is 0 Å². The van der Waals surface area contributed by atoms with Crippen molar-refractivity contribution in [1.82, 2.24) is 0 Å². The normalized spacial score (nSPS) is 53.2. The van der Waals surface area contributed by atoms with Crippen LogP contribution in [-0.2, 0) is 42.6 Å². The molecule has 25 atom stereocenters. The largest absolute Gasteiger partial charge is 0.394 e. The van der Waals surface area contributed by atoms with E-state index < -0.39 is 187 Å². The lowest BCUT2D eigenvalue weighted by molar-refractivity contribution is -0.412. The quantitative estimate of drug-likeness (QED) is 0.0819. The molecule has 0 spiro atoms. The van der Waals surface area contributed by atoms with Crippen molar-refractivity contribution in [3.8, 4) is 0 Å². The van der Waals surface area contributed by atoms with E-state index in [1.807, 2.05) is 0 Å². The van der Waals surface area contributed by atoms with Crippen LogP contribution in [0, 0.1) is 0 Å². The summed E-state index contributed by atoms with van der Waals surface area (Å²) in [5.41, 5.74) is 0. The fourth-order valence-electron chi connectivity index (χ4n) is 6.95. The predicted molar refractivity (Wildman–Crippen MR) is 167 cm³/mol. The minimum atomic E-state index is -2.16. The summed E-state index contributed by atoms with van der Waals surface area (Å²) in [6, 6.07) is 0. The number of ether oxygens (including phenoxy) is 9. The van der Waals surface area contributed by atoms with Crippen molar-refractivity contribution in [1.29, 1.82) is 0 Å². The Morgan fingerprint density at radius 1 is 0.268 bits per heavy atom. The fourth-order valence-corrected chi connectivity index (χ4v) is 6.95. The van der Waals surface area contributed by atoms with E-state index >= 15 is 0 Å². The van der Waals surface area contributed by atoms with Crippen LogP contribution in [0.3, 0.4) is 0 Å². The van der Waals surface area contributed by atoms with Crippen LogP contribution >= 0.6 is 0 Å². The van der Waals surface area contributed by atoms with Crippen molar-refractivity contribution >= 4 is 0 Å². The highest BCUT2D eigenvalue weighted by Gasteiger charge is 2.57. The highest BCUT2D eigenvalue weighted by Crippen LogP contribution is 2.36. The van der Waals surface area contributed by atoms with Gasteiger partial charge < -0.3 is 129 Å². The molecule has 0 radical (unpaired) electrons. The van der Waals surface area contributed by atoms with Crippen molar-refractivity contribution in [2.45, 2.75) is 154 Å². The average Bonchev–Trinajstić information content (AvgIpc) is 3.19. The van der Waals surface area contributed by atoms with Crippen molar-refractivity contribution in [3.05, 3.63) is 0 Å². The van der Waals surface area contributed by atoms with Gasteiger partial charge in [0.05, 0.1) is 33.0 Å². The van der Waals surface area contributed by atoms with E-state index in [2.05, 4.69) is 0 Å². The number of hydrogen-bond acceptors (Lipinski definition) is 26. The Kier molecular flexibility index (Phi) is 16.1. The van der Waals surface area contributed by atoms with Crippen molar-refractivity contribution in [3.63, 3.8) is 0 Å². The minimum absolute atomic E-state index is 0.833. The van der Waals surface area contributed by atoms with Crippen LogP contribution in [0.25, 0.3) is 0 Å². The molecule has 0 aromatic rings. The summed E-state index contributed by atoms with van der Waals surface area (Å²) in [6.45, 7) is -4.60. The van der Waals surface area contributed by atoms with Crippen LogP contribution in [0.2, 0.25) is 0 Å². The van der Waals surface area contributed by atoms with Gasteiger partial charge in [0.25, 0.3) is 0 Å². The molecule has 17 N–H and O–H groups in total. The first kappa shape index (κ1) is 46.0. The summed E-state index contributed by atoms with van der Waals surface area (Å²) >= 11 is 0. The first-order chi connectivity index (χ1) is 26.5. The maximum atomic E-state index is 11.3. The zero-order valence-corrected chi connectivity index (χ0v) is 29.2. The third kappa shape index (κ3) is 9.16. The van der Waals surface area contributed by atoms with E-state index in [4.69, 9.17) is 42.6 Å². The summed E-state index contributed by atoms with van der Waals surface area (Å²) in [4.78, 5) is 0. The Bertz CT molecular complexity index is 1210. The zero-order valence-electron chi connectivity index (χ0n) is 29.2. The van der Waals surface area contributed by atoms with Gasteiger partial charge in [0.15, 0.2) is 31.5 Å². The Morgan fingerprint density at radius 2 is 0.518 bits per heavy atom. The molecule has 0 aromatic heterocycles. The first-order valence-electron chi connectivity index (χ1n) is 17.6. The van der Waals surface area contributed by atoms with Crippen LogP contribution in [0.1, 0.15) is 0 Å². The van der Waals surface area contributed by atoms with Gasteiger partial charge >= 0.3 is 0 Å². The van der Waals surface area contributed by atoms with Gasteiger partial charge in [0, 0.05) is 0 Å². The van der Waals surface area contributed by atoms with Gasteiger partial charge in [0.1, 0.15) is 122 Å². The van der Waals surface area contributed by atoms with Gasteiger partial charge in [-0.1, -0.05) is 0 Å². The van der Waals surface area contributed by atoms with Crippen LogP contribution < -0.4 is 0 Å². The molecule has 0 aromatic carbocycles. The third-order valence-corrected chi connectivity index (χ3v) is 10.3. The first-order valence-corrected chi connectivity index (χ1v) is 17.6. The lowest BCUT2D eigenvalue weighted by Gasteiger charge is -2.50. The smallest absolute Gasteiger partial charge is 0.187 e. The molecule has 5 rings (SSSR count). The highest BCUT2D eigenvalue weighted by atomic mass is 16.8. The third-order valence-electron chi connectivity index (χ3n) is 10.3. The fraction of sp³-hybridized carbons (Fsp3) is 1.00. The predicted octanol–water partition coefficient (Wildman–Crippen LogP) is -11.9. The maximum Gasteiger partial charge on any atom is 0.187 e. The standard InChI is InChI=1S/C30H52O26/c31-1-6-12(37)17(42)22(26(47)48-6)53-28-24(19(44)14(39)8(3-33)50-28)55-30-25(20(45)15(40)10(5-35)52-30)56-29-23(18(43)13(38)9(4-34)51-29)54-27-21(46)16(41)11(36)7(2-32)49-27/h6-47H,1-5H2/t6-,7-,8-,9-,10-,11-,12-,13-,14-,15-,16+,17+,18+,19+,20+,21+,22+,23+,24+,25+,26-,27+,28-,29+,30-/m1/s1. The Morgan fingerprint density at radius 3 is 0.857 bits per heavy atom. The molecule has 0 amide bonds. The Labute approximate surface area is 316 Å². The second-order valence-electron chi connectivity index (χ2n) is 13.9. The molecule has 328 valence electrons. The van der Waals surface area contributed by atoms with E-state index in [9.17, 15) is 86.8 Å². The zero-order chi connectivity index (χ0) is 41.3. The summed E-state index contributed by atoms with van der Waals surface area (Å²) < 4.78 is 50.2. The monoisotopic (exact) mass is 828 g/mol. The molecule has 56 heavy (non-hydrogen) atoms. The van der Waals surface area contributed by atoms with Gasteiger partial charge in [0.2, 0.25) is 0 Å². The summed E-state index contributed by atoms with van der Waals surface area (Å²) in [5.74, 6) is 0. The van der Waals surface area contributed by atoms with Gasteiger partial charge in [-0.25, -0.2) is 0 Å². The van der Waals surface area contributed by atoms with E-state index in [0.29, 0.717) is 0 Å². The number of hydrogen-bond donors (Lipinski definition) is 17. The molecule has 26 heteroatoms. The van der Waals surface area contributed by atoms with E-state index in [1.54, 1.807) is 0 Å². The van der Waals surface area contributed by atoms with Crippen LogP contribution in [0.5, 0.6) is 0 Å². The topological polar surface area (TPSA) is 427 Å². The Balaban J connectivity index is 1.45. The molecule has 26 nitrogen and oxygen atoms in total. The lowest BCUT2D eigenvalue weighted by atomic mass is 9.95. The van der Waals surface area contributed by atoms with Gasteiger partial charge in [-0.05, 0) is 0 Å². The van der Waals surface area contributed by atoms with Crippen LogP contribution in [-0.4, -0.2) is 273 Å². The molecule has 5 fully saturated rings. The highest BCUT2D eigenvalue weighted by molar-refractivity contribution is 4.98. The summed E-state index contributed by atoms with van der Waals surface area (Å²) in [6.07, 6.45) is -48.2. The van der Waals surface area contributed by atoms with Crippen molar-refractivity contribution in [2.75, 3.05) is 33.0 Å². The molecular formula is C30H52O26. The second-order valence-corrected chi connectivity index (χ2v) is 13.9.